The van der Waals surface area contributed by atoms with Crippen molar-refractivity contribution in [3.05, 3.63) is 66.2 Å². The first-order chi connectivity index (χ1) is 21.7. The van der Waals surface area contributed by atoms with Crippen molar-refractivity contribution in [2.45, 2.75) is 50.7 Å². The van der Waals surface area contributed by atoms with Crippen LogP contribution in [0.1, 0.15) is 33.3 Å². The Balaban J connectivity index is 2.17. The molecule has 0 aliphatic carbocycles. The topological polar surface area (TPSA) is 133 Å². The summed E-state index contributed by atoms with van der Waals surface area (Å²) in [5.41, 5.74) is 0.190. The van der Waals surface area contributed by atoms with Gasteiger partial charge in [-0.3, -0.25) is 13.9 Å². The number of carbonyl (C=O) groups is 2. The summed E-state index contributed by atoms with van der Waals surface area (Å²) < 4.78 is 56.6. The molecule has 0 fully saturated rings. The highest BCUT2D eigenvalue weighted by atomic mass is 32.2. The molecule has 0 aliphatic heterocycles. The van der Waals surface area contributed by atoms with E-state index in [0.29, 0.717) is 22.8 Å². The Morgan fingerprint density at radius 2 is 1.33 bits per heavy atom. The van der Waals surface area contributed by atoms with E-state index in [4.69, 9.17) is 23.7 Å². The second kappa shape index (κ2) is 15.1. The SMILES string of the molecule is COc1ccc(CN(C(=O)CN(c2cc(OC)ccc2OC)S(=O)(=O)c2ccc(OC)c(OC)c2)[C@@H](C)C(=O)NC(C)(C)C)cc1. The van der Waals surface area contributed by atoms with Crippen molar-refractivity contribution < 1.29 is 41.7 Å². The third-order valence-corrected chi connectivity index (χ3v) is 8.81. The molecule has 0 spiro atoms. The van der Waals surface area contributed by atoms with Gasteiger partial charge in [0.2, 0.25) is 11.8 Å². The normalized spacial score (nSPS) is 12.0. The van der Waals surface area contributed by atoms with Crippen LogP contribution in [-0.4, -0.2) is 78.8 Å². The minimum absolute atomic E-state index is 0.0149. The van der Waals surface area contributed by atoms with Crippen molar-refractivity contribution in [1.29, 1.82) is 0 Å². The third-order valence-electron chi connectivity index (χ3n) is 7.05. The number of methoxy groups -OCH3 is 5. The van der Waals surface area contributed by atoms with Gasteiger partial charge in [0.25, 0.3) is 10.0 Å². The molecule has 3 rings (SSSR count). The van der Waals surface area contributed by atoms with Crippen molar-refractivity contribution in [3.8, 4) is 28.7 Å². The largest absolute Gasteiger partial charge is 0.497 e. The fourth-order valence-electron chi connectivity index (χ4n) is 4.59. The van der Waals surface area contributed by atoms with Crippen molar-refractivity contribution >= 4 is 27.5 Å². The molecule has 0 aliphatic rings. The zero-order valence-corrected chi connectivity index (χ0v) is 28.6. The Morgan fingerprint density at radius 3 is 1.87 bits per heavy atom. The summed E-state index contributed by atoms with van der Waals surface area (Å²) in [6.07, 6.45) is 0. The van der Waals surface area contributed by atoms with Gasteiger partial charge < -0.3 is 33.9 Å². The summed E-state index contributed by atoms with van der Waals surface area (Å²) in [5.74, 6) is 0.608. The quantitative estimate of drug-likeness (QED) is 0.270. The van der Waals surface area contributed by atoms with Crippen LogP contribution >= 0.6 is 0 Å². The lowest BCUT2D eigenvalue weighted by atomic mass is 10.1. The van der Waals surface area contributed by atoms with Crippen LogP contribution in [0.5, 0.6) is 28.7 Å². The number of hydrogen-bond donors (Lipinski definition) is 1. The molecule has 2 amide bonds. The zero-order valence-electron chi connectivity index (χ0n) is 27.7. The minimum Gasteiger partial charge on any atom is -0.497 e. The van der Waals surface area contributed by atoms with E-state index in [9.17, 15) is 18.0 Å². The number of sulfonamides is 1. The maximum atomic E-state index is 14.4. The van der Waals surface area contributed by atoms with Crippen molar-refractivity contribution in [2.75, 3.05) is 46.4 Å². The van der Waals surface area contributed by atoms with Gasteiger partial charge in [-0.2, -0.15) is 0 Å². The van der Waals surface area contributed by atoms with Gasteiger partial charge in [-0.15, -0.1) is 0 Å². The monoisotopic (exact) mass is 657 g/mol. The molecule has 0 saturated heterocycles. The first-order valence-corrected chi connectivity index (χ1v) is 15.8. The maximum absolute atomic E-state index is 14.4. The molecular formula is C33H43N3O9S. The van der Waals surface area contributed by atoms with E-state index in [1.165, 1.54) is 57.6 Å². The average Bonchev–Trinajstić information content (AvgIpc) is 3.04. The number of nitrogens with one attached hydrogen (secondary N) is 1. The second-order valence-electron chi connectivity index (χ2n) is 11.4. The first-order valence-electron chi connectivity index (χ1n) is 14.4. The number of anilines is 1. The van der Waals surface area contributed by atoms with Crippen LogP contribution in [-0.2, 0) is 26.2 Å². The summed E-state index contributed by atoms with van der Waals surface area (Å²) in [5, 5.41) is 2.91. The van der Waals surface area contributed by atoms with E-state index >= 15 is 0 Å². The van der Waals surface area contributed by atoms with E-state index in [0.717, 1.165) is 4.31 Å². The molecule has 3 aromatic carbocycles. The second-order valence-corrected chi connectivity index (χ2v) is 13.2. The van der Waals surface area contributed by atoms with Crippen LogP contribution in [0, 0.1) is 0 Å². The van der Waals surface area contributed by atoms with Gasteiger partial charge in [-0.25, -0.2) is 8.42 Å². The minimum atomic E-state index is -4.46. The van der Waals surface area contributed by atoms with E-state index in [2.05, 4.69) is 5.32 Å². The fraction of sp³-hybridized carbons (Fsp3) is 0.394. The summed E-state index contributed by atoms with van der Waals surface area (Å²) >= 11 is 0. The Morgan fingerprint density at radius 1 is 0.761 bits per heavy atom. The molecule has 0 saturated carbocycles. The molecule has 0 heterocycles. The van der Waals surface area contributed by atoms with Crippen LogP contribution in [0.4, 0.5) is 5.69 Å². The number of ether oxygens (including phenoxy) is 5. The predicted molar refractivity (Wildman–Crippen MR) is 175 cm³/mol. The summed E-state index contributed by atoms with van der Waals surface area (Å²) in [6, 6.07) is 14.8. The molecular weight excluding hydrogens is 614 g/mol. The van der Waals surface area contributed by atoms with Crippen molar-refractivity contribution in [1.82, 2.24) is 10.2 Å². The maximum Gasteiger partial charge on any atom is 0.265 e. The highest BCUT2D eigenvalue weighted by molar-refractivity contribution is 7.92. The molecule has 3 aromatic rings. The summed E-state index contributed by atoms with van der Waals surface area (Å²) in [6.45, 7) is 6.44. The Hall–Kier alpha value is -4.65. The standard InChI is InChI=1S/C33H43N3O9S/c1-22(32(38)34-33(2,3)4)35(20-23-10-12-24(41-5)13-11-23)31(37)21-36(27-18-25(42-6)14-16-28(27)43-7)46(39,40)26-15-17-29(44-8)30(19-26)45-9/h10-19,22H,20-21H2,1-9H3,(H,34,38)/t22-/m0/s1. The molecule has 13 heteroatoms. The number of carbonyl (C=O) groups excluding carboxylic acids is 2. The number of benzene rings is 3. The highest BCUT2D eigenvalue weighted by Crippen LogP contribution is 2.38. The van der Waals surface area contributed by atoms with Crippen LogP contribution in [0.15, 0.2) is 65.6 Å². The third kappa shape index (κ3) is 8.53. The van der Waals surface area contributed by atoms with Crippen LogP contribution in [0.3, 0.4) is 0 Å². The van der Waals surface area contributed by atoms with Crippen LogP contribution in [0.2, 0.25) is 0 Å². The number of nitrogens with zero attached hydrogens (tertiary/aromatic N) is 2. The Kier molecular flexibility index (Phi) is 11.8. The zero-order chi connectivity index (χ0) is 34.2. The molecule has 46 heavy (non-hydrogen) atoms. The molecule has 0 bridgehead atoms. The van der Waals surface area contributed by atoms with Crippen molar-refractivity contribution in [3.63, 3.8) is 0 Å². The molecule has 250 valence electrons. The lowest BCUT2D eigenvalue weighted by molar-refractivity contribution is -0.140. The van der Waals surface area contributed by atoms with Gasteiger partial charge >= 0.3 is 0 Å². The number of amides is 2. The lowest BCUT2D eigenvalue weighted by Gasteiger charge is -2.34. The molecule has 0 unspecified atom stereocenters. The van der Waals surface area contributed by atoms with E-state index < -0.39 is 40.0 Å². The Labute approximate surface area is 271 Å². The molecule has 12 nitrogen and oxygen atoms in total. The molecule has 0 radical (unpaired) electrons. The lowest BCUT2D eigenvalue weighted by Crippen LogP contribution is -2.54. The number of hydrogen-bond acceptors (Lipinski definition) is 9. The van der Waals surface area contributed by atoms with Gasteiger partial charge in [-0.1, -0.05) is 12.1 Å². The van der Waals surface area contributed by atoms with Crippen LogP contribution in [0.25, 0.3) is 0 Å². The van der Waals surface area contributed by atoms with Crippen LogP contribution < -0.4 is 33.3 Å². The van der Waals surface area contributed by atoms with Crippen molar-refractivity contribution in [2.24, 2.45) is 0 Å². The molecule has 1 N–H and O–H groups in total. The molecule has 1 atom stereocenters. The Bertz CT molecular complexity index is 1620. The predicted octanol–water partition coefficient (Wildman–Crippen LogP) is 4.26. The summed E-state index contributed by atoms with van der Waals surface area (Å²) in [4.78, 5) is 28.9. The smallest absolute Gasteiger partial charge is 0.265 e. The van der Waals surface area contributed by atoms with Gasteiger partial charge in [0.15, 0.2) is 11.5 Å². The van der Waals surface area contributed by atoms with Gasteiger partial charge in [-0.05, 0) is 69.7 Å². The van der Waals surface area contributed by atoms with E-state index in [-0.39, 0.29) is 28.6 Å². The fourth-order valence-corrected chi connectivity index (χ4v) is 6.03. The highest BCUT2D eigenvalue weighted by Gasteiger charge is 2.35. The van der Waals surface area contributed by atoms with Gasteiger partial charge in [0.05, 0.1) is 46.1 Å². The van der Waals surface area contributed by atoms with Gasteiger partial charge in [0.1, 0.15) is 29.8 Å². The number of rotatable bonds is 14. The first kappa shape index (κ1) is 35.8. The summed E-state index contributed by atoms with van der Waals surface area (Å²) in [7, 11) is 2.75. The molecule has 0 aromatic heterocycles. The van der Waals surface area contributed by atoms with E-state index in [1.807, 2.05) is 20.8 Å². The van der Waals surface area contributed by atoms with E-state index in [1.54, 1.807) is 50.4 Å². The van der Waals surface area contributed by atoms with Gasteiger partial charge in [0, 0.05) is 24.2 Å². The average molecular weight is 658 g/mol.